The molecule has 0 aromatic rings. The van der Waals surface area contributed by atoms with Crippen molar-refractivity contribution in [3.63, 3.8) is 0 Å². The monoisotopic (exact) mass is 225 g/mol. The van der Waals surface area contributed by atoms with Gasteiger partial charge in [0.25, 0.3) is 0 Å². The van der Waals surface area contributed by atoms with Gasteiger partial charge in [0.2, 0.25) is 0 Å². The fraction of sp³-hybridized carbons (Fsp3) is 0.867. The van der Waals surface area contributed by atoms with E-state index in [1.165, 1.54) is 37.8 Å². The summed E-state index contributed by atoms with van der Waals surface area (Å²) < 4.78 is 0. The van der Waals surface area contributed by atoms with Gasteiger partial charge in [-0.05, 0) is 51.0 Å². The molecular weight excluding hydrogens is 194 g/mol. The van der Waals surface area contributed by atoms with E-state index in [1.54, 1.807) is 0 Å². The van der Waals surface area contributed by atoms with Crippen molar-refractivity contribution in [2.24, 2.45) is 11.8 Å². The van der Waals surface area contributed by atoms with Crippen molar-refractivity contribution >= 4 is 0 Å². The number of hydrogen-bond acceptors (Lipinski definition) is 1. The zero-order valence-electron chi connectivity index (χ0n) is 12.0. The molecule has 0 saturated heterocycles. The lowest BCUT2D eigenvalue weighted by Gasteiger charge is -2.29. The summed E-state index contributed by atoms with van der Waals surface area (Å²) in [5.74, 6) is 1.72. The molecule has 0 amide bonds. The van der Waals surface area contributed by atoms with Gasteiger partial charge in [-0.2, -0.15) is 0 Å². The molecule has 1 fully saturated rings. The summed E-state index contributed by atoms with van der Waals surface area (Å²) in [5.41, 5.74) is 1.39. The van der Waals surface area contributed by atoms with Crippen molar-refractivity contribution in [1.82, 2.24) is 5.32 Å². The molecule has 96 valence electrons. The molecule has 0 spiro atoms. The van der Waals surface area contributed by atoms with Crippen LogP contribution in [0.25, 0.3) is 0 Å². The Morgan fingerprint density at radius 3 is 2.06 bits per heavy atom. The molecule has 0 aromatic heterocycles. The maximum absolute atomic E-state index is 4.06. The molecule has 1 N–H and O–H groups in total. The molecule has 0 unspecified atom stereocenters. The zero-order valence-corrected chi connectivity index (χ0v) is 12.0. The van der Waals surface area contributed by atoms with Crippen LogP contribution in [-0.4, -0.2) is 12.6 Å². The van der Waals surface area contributed by atoms with Crippen molar-refractivity contribution < 1.29 is 0 Å². The van der Waals surface area contributed by atoms with Crippen molar-refractivity contribution in [3.05, 3.63) is 12.2 Å². The van der Waals surface area contributed by atoms with Crippen LogP contribution in [0.4, 0.5) is 0 Å². The molecule has 0 heterocycles. The minimum atomic E-state index is 0.633. The van der Waals surface area contributed by atoms with Crippen LogP contribution < -0.4 is 5.32 Å². The van der Waals surface area contributed by atoms with Gasteiger partial charge in [-0.1, -0.05) is 39.8 Å². The second-order valence-corrected chi connectivity index (χ2v) is 5.13. The van der Waals surface area contributed by atoms with Crippen LogP contribution >= 0.6 is 0 Å². The highest BCUT2D eigenvalue weighted by atomic mass is 14.9. The van der Waals surface area contributed by atoms with Crippen LogP contribution in [0, 0.1) is 11.8 Å². The molecule has 1 saturated carbocycles. The molecule has 0 atom stereocenters. The van der Waals surface area contributed by atoms with Crippen molar-refractivity contribution in [3.8, 4) is 0 Å². The zero-order chi connectivity index (χ0) is 12.6. The molecule has 0 bridgehead atoms. The second-order valence-electron chi connectivity index (χ2n) is 5.13. The summed E-state index contributed by atoms with van der Waals surface area (Å²) in [6.45, 7) is 15.9. The van der Waals surface area contributed by atoms with Gasteiger partial charge < -0.3 is 5.32 Å². The van der Waals surface area contributed by atoms with E-state index in [2.05, 4.69) is 32.7 Å². The minimum absolute atomic E-state index is 0.633. The van der Waals surface area contributed by atoms with E-state index in [0.29, 0.717) is 6.04 Å². The van der Waals surface area contributed by atoms with E-state index in [4.69, 9.17) is 0 Å². The molecule has 16 heavy (non-hydrogen) atoms. The summed E-state index contributed by atoms with van der Waals surface area (Å²) in [5, 5.41) is 3.54. The van der Waals surface area contributed by atoms with Gasteiger partial charge in [-0.25, -0.2) is 0 Å². The van der Waals surface area contributed by atoms with E-state index in [0.717, 1.165) is 11.8 Å². The minimum Gasteiger partial charge on any atom is -0.314 e. The standard InChI is InChI=1S/C13H25N.C2H6/c1-10(2)13-7-5-12(6-8-13)9-14-11(3)4;1-2/h11-14H,1,5-9H2,2-4H3;1-2H3. The van der Waals surface area contributed by atoms with Gasteiger partial charge in [0, 0.05) is 6.04 Å². The van der Waals surface area contributed by atoms with Gasteiger partial charge in [0.15, 0.2) is 0 Å². The quantitative estimate of drug-likeness (QED) is 0.700. The van der Waals surface area contributed by atoms with E-state index in [-0.39, 0.29) is 0 Å². The van der Waals surface area contributed by atoms with Gasteiger partial charge in [-0.15, -0.1) is 0 Å². The van der Waals surface area contributed by atoms with Gasteiger partial charge in [-0.3, -0.25) is 0 Å². The fourth-order valence-corrected chi connectivity index (χ4v) is 2.26. The largest absolute Gasteiger partial charge is 0.314 e. The number of allylic oxidation sites excluding steroid dienone is 1. The third-order valence-corrected chi connectivity index (χ3v) is 3.36. The Morgan fingerprint density at radius 1 is 1.19 bits per heavy atom. The highest BCUT2D eigenvalue weighted by molar-refractivity contribution is 4.98. The van der Waals surface area contributed by atoms with Crippen molar-refractivity contribution in [1.29, 1.82) is 0 Å². The fourth-order valence-electron chi connectivity index (χ4n) is 2.26. The Labute approximate surface area is 103 Å². The van der Waals surface area contributed by atoms with Crippen LogP contribution in [0.2, 0.25) is 0 Å². The van der Waals surface area contributed by atoms with E-state index < -0.39 is 0 Å². The SMILES string of the molecule is C=C(C)C1CCC(CNC(C)C)CC1.CC. The normalized spacial score (nSPS) is 24.9. The lowest BCUT2D eigenvalue weighted by atomic mass is 9.79. The third-order valence-electron chi connectivity index (χ3n) is 3.36. The first kappa shape index (κ1) is 15.7. The Hall–Kier alpha value is -0.300. The molecule has 1 aliphatic rings. The van der Waals surface area contributed by atoms with Crippen molar-refractivity contribution in [2.75, 3.05) is 6.54 Å². The summed E-state index contributed by atoms with van der Waals surface area (Å²) in [6.07, 6.45) is 5.49. The first-order valence-electron chi connectivity index (χ1n) is 6.98. The molecular formula is C15H31N. The van der Waals surface area contributed by atoms with Gasteiger partial charge in [0.1, 0.15) is 0 Å². The first-order chi connectivity index (χ1) is 7.59. The van der Waals surface area contributed by atoms with Crippen LogP contribution in [0.5, 0.6) is 0 Å². The van der Waals surface area contributed by atoms with Crippen molar-refractivity contribution in [2.45, 2.75) is 66.3 Å². The Balaban J connectivity index is 0.00000106. The van der Waals surface area contributed by atoms with Crippen LogP contribution in [-0.2, 0) is 0 Å². The second kappa shape index (κ2) is 8.81. The summed E-state index contributed by atoms with van der Waals surface area (Å²) in [4.78, 5) is 0. The predicted molar refractivity (Wildman–Crippen MR) is 74.7 cm³/mol. The average molecular weight is 225 g/mol. The average Bonchev–Trinajstić information content (AvgIpc) is 2.29. The molecule has 0 aliphatic heterocycles. The van der Waals surface area contributed by atoms with E-state index in [1.807, 2.05) is 13.8 Å². The molecule has 0 radical (unpaired) electrons. The summed E-state index contributed by atoms with van der Waals surface area (Å²) in [6, 6.07) is 0.633. The molecule has 0 aromatic carbocycles. The smallest absolute Gasteiger partial charge is 0.00104 e. The lowest BCUT2D eigenvalue weighted by Crippen LogP contribution is -2.31. The number of hydrogen-bond donors (Lipinski definition) is 1. The van der Waals surface area contributed by atoms with E-state index >= 15 is 0 Å². The van der Waals surface area contributed by atoms with Gasteiger partial charge >= 0.3 is 0 Å². The topological polar surface area (TPSA) is 12.0 Å². The molecule has 1 heteroatoms. The Bertz CT molecular complexity index is 176. The molecule has 1 aliphatic carbocycles. The number of nitrogens with one attached hydrogen (secondary N) is 1. The molecule has 1 rings (SSSR count). The van der Waals surface area contributed by atoms with E-state index in [9.17, 15) is 0 Å². The van der Waals surface area contributed by atoms with Crippen LogP contribution in [0.1, 0.15) is 60.3 Å². The number of rotatable bonds is 4. The van der Waals surface area contributed by atoms with Gasteiger partial charge in [0.05, 0.1) is 0 Å². The first-order valence-corrected chi connectivity index (χ1v) is 6.98. The molecule has 1 nitrogen and oxygen atoms in total. The Kier molecular flexibility index (Phi) is 8.64. The van der Waals surface area contributed by atoms with Crippen LogP contribution in [0.3, 0.4) is 0 Å². The predicted octanol–water partition coefficient (Wildman–Crippen LogP) is 4.39. The maximum Gasteiger partial charge on any atom is 0.00104 e. The highest BCUT2D eigenvalue weighted by Gasteiger charge is 2.21. The lowest BCUT2D eigenvalue weighted by molar-refractivity contribution is 0.287. The summed E-state index contributed by atoms with van der Waals surface area (Å²) in [7, 11) is 0. The third kappa shape index (κ3) is 6.32. The maximum atomic E-state index is 4.06. The van der Waals surface area contributed by atoms with Crippen LogP contribution in [0.15, 0.2) is 12.2 Å². The Morgan fingerprint density at radius 2 is 1.69 bits per heavy atom. The summed E-state index contributed by atoms with van der Waals surface area (Å²) >= 11 is 0. The highest BCUT2D eigenvalue weighted by Crippen LogP contribution is 2.32.